The highest BCUT2D eigenvalue weighted by molar-refractivity contribution is 6.00. The van der Waals surface area contributed by atoms with Crippen molar-refractivity contribution in [2.24, 2.45) is 0 Å². The summed E-state index contributed by atoms with van der Waals surface area (Å²) in [6, 6.07) is 8.72. The minimum absolute atomic E-state index is 0.0700. The number of benzene rings is 1. The van der Waals surface area contributed by atoms with Crippen molar-refractivity contribution in [3.05, 3.63) is 75.1 Å². The van der Waals surface area contributed by atoms with E-state index in [1.165, 1.54) is 13.9 Å². The van der Waals surface area contributed by atoms with Crippen molar-refractivity contribution >= 4 is 5.78 Å². The molecule has 1 aliphatic heterocycles. The summed E-state index contributed by atoms with van der Waals surface area (Å²) < 4.78 is 4.26. The molecule has 0 N–H and O–H groups in total. The van der Waals surface area contributed by atoms with E-state index in [1.54, 1.807) is 24.3 Å². The smallest absolute Gasteiger partial charge is 0.294 e. The second kappa shape index (κ2) is 4.35. The van der Waals surface area contributed by atoms with E-state index in [0.717, 1.165) is 0 Å². The van der Waals surface area contributed by atoms with E-state index >= 15 is 0 Å². The molecule has 2 aliphatic carbocycles. The summed E-state index contributed by atoms with van der Waals surface area (Å²) in [6.07, 6.45) is 7.15. The summed E-state index contributed by atoms with van der Waals surface area (Å²) >= 11 is 0. The maximum Gasteiger partial charge on any atom is 0.352 e. The topological polar surface area (TPSA) is 66.0 Å². The van der Waals surface area contributed by atoms with Gasteiger partial charge in [-0.1, -0.05) is 36.4 Å². The Labute approximate surface area is 136 Å². The van der Waals surface area contributed by atoms with Gasteiger partial charge in [0.2, 0.25) is 0 Å². The molecule has 1 spiro atoms. The highest BCUT2D eigenvalue weighted by Crippen LogP contribution is 2.49. The number of carbonyl (C=O) groups excluding carboxylic acids is 1. The van der Waals surface area contributed by atoms with Gasteiger partial charge in [-0.3, -0.25) is 4.79 Å². The molecule has 0 saturated heterocycles. The highest BCUT2D eigenvalue weighted by Gasteiger charge is 2.54. The average Bonchev–Trinajstić information content (AvgIpc) is 3.09. The van der Waals surface area contributed by atoms with Crippen molar-refractivity contribution in [2.45, 2.75) is 30.8 Å². The van der Waals surface area contributed by atoms with Crippen LogP contribution in [0.1, 0.15) is 25.3 Å². The van der Waals surface area contributed by atoms with Crippen LogP contribution in [0.4, 0.5) is 0 Å². The lowest BCUT2D eigenvalue weighted by molar-refractivity contribution is -0.114. The van der Waals surface area contributed by atoms with Crippen LogP contribution in [0, 0.1) is 0 Å². The zero-order valence-electron chi connectivity index (χ0n) is 12.9. The van der Waals surface area contributed by atoms with Gasteiger partial charge in [-0.15, -0.1) is 0 Å². The van der Waals surface area contributed by atoms with Gasteiger partial charge in [0.1, 0.15) is 0 Å². The van der Waals surface area contributed by atoms with Crippen LogP contribution in [-0.2, 0) is 10.3 Å². The summed E-state index contributed by atoms with van der Waals surface area (Å²) in [5, 5.41) is 0. The Bertz CT molecular complexity index is 1050. The fourth-order valence-electron chi connectivity index (χ4n) is 4.41. The van der Waals surface area contributed by atoms with Crippen molar-refractivity contribution in [1.29, 1.82) is 0 Å². The number of nitrogens with zero attached hydrogens (tertiary/aromatic N) is 3. The molecule has 24 heavy (non-hydrogen) atoms. The molecule has 1 aromatic heterocycles. The molecule has 3 aliphatic rings. The van der Waals surface area contributed by atoms with E-state index in [2.05, 4.69) is 0 Å². The van der Waals surface area contributed by atoms with Crippen LogP contribution < -0.4 is 11.4 Å². The molecule has 2 heterocycles. The minimum atomic E-state index is -0.679. The van der Waals surface area contributed by atoms with Gasteiger partial charge >= 0.3 is 11.4 Å². The van der Waals surface area contributed by atoms with Gasteiger partial charge < -0.3 is 0 Å². The average molecular weight is 321 g/mol. The molecular weight excluding hydrogens is 306 g/mol. The van der Waals surface area contributed by atoms with Crippen molar-refractivity contribution in [1.82, 2.24) is 13.9 Å². The number of fused-ring (bicyclic) bond motifs is 3. The first kappa shape index (κ1) is 13.5. The van der Waals surface area contributed by atoms with Gasteiger partial charge in [0.15, 0.2) is 5.78 Å². The largest absolute Gasteiger partial charge is 0.352 e. The summed E-state index contributed by atoms with van der Waals surface area (Å²) in [6.45, 7) is 0. The zero-order chi connectivity index (χ0) is 16.5. The monoisotopic (exact) mass is 321 g/mol. The van der Waals surface area contributed by atoms with Gasteiger partial charge in [-0.2, -0.15) is 0 Å². The Kier molecular flexibility index (Phi) is 2.45. The van der Waals surface area contributed by atoms with E-state index < -0.39 is 5.54 Å². The number of hydrogen-bond donors (Lipinski definition) is 0. The number of Topliss-reactive ketones (excluding diaryl/α,β-unsaturated/α-hetero) is 1. The Morgan fingerprint density at radius 3 is 2.62 bits per heavy atom. The van der Waals surface area contributed by atoms with Crippen LogP contribution >= 0.6 is 0 Å². The summed E-state index contributed by atoms with van der Waals surface area (Å²) in [5.41, 5.74) is -0.196. The van der Waals surface area contributed by atoms with Crippen molar-refractivity contribution in [2.75, 3.05) is 0 Å². The molecule has 0 radical (unpaired) electrons. The van der Waals surface area contributed by atoms with Crippen LogP contribution in [0.15, 0.2) is 63.7 Å². The SMILES string of the molecule is O=C1CC[C@]23C[C@H](C=CC=C12)n1c(=O)n(-c2ccccc2)c(=O)n13. The third-order valence-electron chi connectivity index (χ3n) is 5.42. The van der Waals surface area contributed by atoms with E-state index in [0.29, 0.717) is 30.5 Å². The van der Waals surface area contributed by atoms with Gasteiger partial charge in [-0.05, 0) is 18.6 Å². The Balaban J connectivity index is 1.87. The van der Waals surface area contributed by atoms with Crippen LogP contribution in [0.3, 0.4) is 0 Å². The molecule has 6 heteroatoms. The molecule has 6 nitrogen and oxygen atoms in total. The summed E-state index contributed by atoms with van der Waals surface area (Å²) in [5.74, 6) is 0.0700. The number of para-hydroxylation sites is 1. The first-order valence-electron chi connectivity index (χ1n) is 8.08. The van der Waals surface area contributed by atoms with Crippen LogP contribution in [-0.4, -0.2) is 19.7 Å². The molecular formula is C18H15N3O3. The summed E-state index contributed by atoms with van der Waals surface area (Å²) in [4.78, 5) is 38.4. The first-order chi connectivity index (χ1) is 11.6. The second-order valence-corrected chi connectivity index (χ2v) is 6.58. The third-order valence-corrected chi connectivity index (χ3v) is 5.42. The van der Waals surface area contributed by atoms with Gasteiger partial charge in [0.25, 0.3) is 0 Å². The normalized spacial score (nSPS) is 26.9. The fraction of sp³-hybridized carbons (Fsp3) is 0.278. The molecule has 0 amide bonds. The number of aromatic nitrogens is 3. The first-order valence-corrected chi connectivity index (χ1v) is 8.08. The summed E-state index contributed by atoms with van der Waals surface area (Å²) in [7, 11) is 0. The molecule has 2 atom stereocenters. The quantitative estimate of drug-likeness (QED) is 0.795. The van der Waals surface area contributed by atoms with Crippen molar-refractivity contribution in [3.8, 4) is 5.69 Å². The molecule has 1 saturated carbocycles. The lowest BCUT2D eigenvalue weighted by Crippen LogP contribution is -2.40. The number of carbonyl (C=O) groups is 1. The van der Waals surface area contributed by atoms with Crippen LogP contribution in [0.25, 0.3) is 5.69 Å². The maximum atomic E-state index is 13.1. The lowest BCUT2D eigenvalue weighted by atomic mass is 9.88. The van der Waals surface area contributed by atoms with E-state index in [1.807, 2.05) is 24.3 Å². The van der Waals surface area contributed by atoms with Gasteiger partial charge in [0.05, 0.1) is 17.3 Å². The maximum absolute atomic E-state index is 13.1. The number of hydrogen-bond acceptors (Lipinski definition) is 3. The lowest BCUT2D eigenvalue weighted by Gasteiger charge is -2.24. The van der Waals surface area contributed by atoms with Crippen LogP contribution in [0.2, 0.25) is 0 Å². The standard InChI is InChI=1S/C18H15N3O3/c22-15-9-10-18-11-13(7-4-8-14(15)18)20-16(23)19(17(24)21(18)20)12-5-2-1-3-6-12/h1-8,13H,9-11H2/t13-,18-/m0/s1. The molecule has 0 unspecified atom stereocenters. The Morgan fingerprint density at radius 1 is 1.04 bits per heavy atom. The second-order valence-electron chi connectivity index (χ2n) is 6.58. The Morgan fingerprint density at radius 2 is 1.83 bits per heavy atom. The molecule has 1 fully saturated rings. The zero-order valence-corrected chi connectivity index (χ0v) is 12.9. The van der Waals surface area contributed by atoms with E-state index in [-0.39, 0.29) is 23.2 Å². The van der Waals surface area contributed by atoms with Crippen molar-refractivity contribution < 1.29 is 4.79 Å². The van der Waals surface area contributed by atoms with Gasteiger partial charge in [-0.25, -0.2) is 23.5 Å². The molecule has 5 rings (SSSR count). The number of rotatable bonds is 1. The number of allylic oxidation sites excluding steroid dienone is 4. The predicted octanol–water partition coefficient (Wildman–Crippen LogP) is 1.30. The highest BCUT2D eigenvalue weighted by atomic mass is 16.2. The molecule has 120 valence electrons. The molecule has 1 aromatic carbocycles. The van der Waals surface area contributed by atoms with E-state index in [4.69, 9.17) is 0 Å². The predicted molar refractivity (Wildman–Crippen MR) is 87.4 cm³/mol. The van der Waals surface area contributed by atoms with Crippen LogP contribution in [0.5, 0.6) is 0 Å². The third kappa shape index (κ3) is 1.43. The molecule has 2 aromatic rings. The number of ketones is 1. The fourth-order valence-corrected chi connectivity index (χ4v) is 4.41. The van der Waals surface area contributed by atoms with Gasteiger partial charge in [0, 0.05) is 18.4 Å². The Hall–Kier alpha value is -2.89. The van der Waals surface area contributed by atoms with E-state index in [9.17, 15) is 14.4 Å². The molecule has 2 bridgehead atoms. The van der Waals surface area contributed by atoms with Crippen molar-refractivity contribution in [3.63, 3.8) is 0 Å². The minimum Gasteiger partial charge on any atom is -0.294 e.